The number of piperazine rings is 1. The van der Waals surface area contributed by atoms with E-state index in [0.717, 1.165) is 13.1 Å². The van der Waals surface area contributed by atoms with Crippen LogP contribution in [0.4, 0.5) is 23.2 Å². The zero-order chi connectivity index (χ0) is 25.7. The topological polar surface area (TPSA) is 103 Å². The Balaban J connectivity index is 1.35. The minimum atomic E-state index is -4.75. The van der Waals surface area contributed by atoms with Crippen LogP contribution in [0.15, 0.2) is 39.7 Å². The number of hydrogen-bond acceptors (Lipinski definition) is 8. The Labute approximate surface area is 206 Å². The number of pyridine rings is 1. The molecule has 2 saturated heterocycles. The van der Waals surface area contributed by atoms with Crippen LogP contribution in [0.5, 0.6) is 0 Å². The summed E-state index contributed by atoms with van der Waals surface area (Å²) in [5.41, 5.74) is 1.79. The minimum Gasteiger partial charge on any atom is -0.413 e. The number of alkyl halides is 3. The van der Waals surface area contributed by atoms with Gasteiger partial charge in [0.05, 0.1) is 53.8 Å². The van der Waals surface area contributed by atoms with Crippen LogP contribution in [0.3, 0.4) is 0 Å². The summed E-state index contributed by atoms with van der Waals surface area (Å²) in [4.78, 5) is 19.7. The van der Waals surface area contributed by atoms with Crippen molar-refractivity contribution in [2.24, 2.45) is 0 Å². The number of anilines is 1. The first-order valence-corrected chi connectivity index (χ1v) is 11.6. The molecule has 194 valence electrons. The van der Waals surface area contributed by atoms with Gasteiger partial charge in [-0.3, -0.25) is 14.1 Å². The Kier molecular flexibility index (Phi) is 5.71. The minimum absolute atomic E-state index is 0.0280. The van der Waals surface area contributed by atoms with E-state index in [4.69, 9.17) is 4.74 Å². The lowest BCUT2D eigenvalue weighted by atomic mass is 10.2. The summed E-state index contributed by atoms with van der Waals surface area (Å²) in [5, 5.41) is 9.67. The number of imidazole rings is 1. The van der Waals surface area contributed by atoms with E-state index in [2.05, 4.69) is 24.9 Å². The molecule has 0 saturated carbocycles. The third-order valence-corrected chi connectivity index (χ3v) is 6.53. The normalized spacial score (nSPS) is 16.9. The van der Waals surface area contributed by atoms with Gasteiger partial charge in [-0.1, -0.05) is 0 Å². The Bertz CT molecular complexity index is 1500. The zero-order valence-corrected chi connectivity index (χ0v) is 19.3. The molecule has 0 aliphatic carbocycles. The number of rotatable bonds is 5. The van der Waals surface area contributed by atoms with Gasteiger partial charge in [-0.25, -0.2) is 9.18 Å². The summed E-state index contributed by atoms with van der Waals surface area (Å²) in [6, 6.07) is 5.95. The smallest absolute Gasteiger partial charge is 0.413 e. The van der Waals surface area contributed by atoms with Crippen LogP contribution in [0, 0.1) is 5.82 Å². The summed E-state index contributed by atoms with van der Waals surface area (Å²) < 4.78 is 66.6. The Hall–Kier alpha value is -3.78. The molecule has 1 N–H and O–H groups in total. The number of nitrogens with zero attached hydrogens (tertiary/aromatic N) is 6. The standard InChI is InChI=1S/C23H21F4N7O3/c24-16-7-18-19(8-17(16)32-5-3-28-4-6-32)34(15-11-36-12-15)22(35)33(18)10-14-2-1-13(9-29-14)20-30-31-21(37-20)23(25,26)27/h1-2,7-9,15,28H,3-6,10-12H2. The summed E-state index contributed by atoms with van der Waals surface area (Å²) in [6.07, 6.45) is -3.46. The number of ether oxygens (including phenoxy) is 1. The molecule has 2 fully saturated rings. The van der Waals surface area contributed by atoms with Crippen LogP contribution in [0.1, 0.15) is 17.6 Å². The van der Waals surface area contributed by atoms with E-state index in [1.54, 1.807) is 16.7 Å². The fourth-order valence-corrected chi connectivity index (χ4v) is 4.57. The molecule has 2 aliphatic rings. The van der Waals surface area contributed by atoms with E-state index in [-0.39, 0.29) is 29.7 Å². The first kappa shape index (κ1) is 23.6. The largest absolute Gasteiger partial charge is 0.470 e. The SMILES string of the molecule is O=c1n(Cc2ccc(-c3nnc(C(F)(F)F)o3)cn2)c2cc(F)c(N3CCNCC3)cc2n1C1COC1. The molecule has 37 heavy (non-hydrogen) atoms. The van der Waals surface area contributed by atoms with E-state index >= 15 is 4.39 Å². The van der Waals surface area contributed by atoms with Crippen molar-refractivity contribution < 1.29 is 26.7 Å². The van der Waals surface area contributed by atoms with E-state index in [0.29, 0.717) is 48.7 Å². The molecule has 2 aliphatic heterocycles. The first-order valence-electron chi connectivity index (χ1n) is 11.6. The van der Waals surface area contributed by atoms with Crippen molar-refractivity contribution in [3.05, 3.63) is 58.3 Å². The number of aromatic nitrogens is 5. The quantitative estimate of drug-likeness (QED) is 0.401. The average Bonchev–Trinajstić information content (AvgIpc) is 3.44. The molecule has 0 atom stereocenters. The lowest BCUT2D eigenvalue weighted by Crippen LogP contribution is -2.43. The van der Waals surface area contributed by atoms with Gasteiger partial charge >= 0.3 is 17.8 Å². The molecule has 5 heterocycles. The van der Waals surface area contributed by atoms with Crippen molar-refractivity contribution >= 4 is 16.7 Å². The second-order valence-corrected chi connectivity index (χ2v) is 8.91. The van der Waals surface area contributed by atoms with E-state index in [9.17, 15) is 18.0 Å². The van der Waals surface area contributed by atoms with Gasteiger partial charge in [0.1, 0.15) is 5.82 Å². The summed E-state index contributed by atoms with van der Waals surface area (Å²) in [7, 11) is 0. The molecular weight excluding hydrogens is 498 g/mol. The van der Waals surface area contributed by atoms with E-state index < -0.39 is 17.9 Å². The van der Waals surface area contributed by atoms with Gasteiger partial charge < -0.3 is 19.4 Å². The molecule has 3 aromatic heterocycles. The lowest BCUT2D eigenvalue weighted by Gasteiger charge is -2.30. The molecule has 4 aromatic rings. The van der Waals surface area contributed by atoms with Crippen LogP contribution in [0.25, 0.3) is 22.5 Å². The monoisotopic (exact) mass is 519 g/mol. The highest BCUT2D eigenvalue weighted by Crippen LogP contribution is 2.31. The van der Waals surface area contributed by atoms with Crippen LogP contribution >= 0.6 is 0 Å². The molecule has 10 nitrogen and oxygen atoms in total. The van der Waals surface area contributed by atoms with Crippen molar-refractivity contribution in [3.63, 3.8) is 0 Å². The van der Waals surface area contributed by atoms with Crippen molar-refractivity contribution in [1.82, 2.24) is 29.6 Å². The van der Waals surface area contributed by atoms with Gasteiger partial charge in [0.25, 0.3) is 0 Å². The molecule has 14 heteroatoms. The molecule has 0 unspecified atom stereocenters. The highest BCUT2D eigenvalue weighted by molar-refractivity contribution is 5.81. The second-order valence-electron chi connectivity index (χ2n) is 8.91. The van der Waals surface area contributed by atoms with E-state index in [1.165, 1.54) is 22.9 Å². The van der Waals surface area contributed by atoms with Gasteiger partial charge in [0, 0.05) is 38.4 Å². The van der Waals surface area contributed by atoms with Crippen molar-refractivity contribution in [1.29, 1.82) is 0 Å². The molecule has 0 amide bonds. The third-order valence-electron chi connectivity index (χ3n) is 6.53. The predicted molar refractivity (Wildman–Crippen MR) is 123 cm³/mol. The van der Waals surface area contributed by atoms with Crippen molar-refractivity contribution in [2.45, 2.75) is 18.8 Å². The van der Waals surface area contributed by atoms with Crippen LogP contribution in [-0.2, 0) is 17.5 Å². The maximum atomic E-state index is 15.3. The van der Waals surface area contributed by atoms with Crippen LogP contribution < -0.4 is 15.9 Å². The number of fused-ring (bicyclic) bond motifs is 1. The number of hydrogen-bond donors (Lipinski definition) is 1. The lowest BCUT2D eigenvalue weighted by molar-refractivity contribution is -0.156. The first-order chi connectivity index (χ1) is 17.8. The van der Waals surface area contributed by atoms with E-state index in [1.807, 2.05) is 4.90 Å². The van der Waals surface area contributed by atoms with Gasteiger partial charge in [0.2, 0.25) is 5.89 Å². The van der Waals surface area contributed by atoms with Crippen molar-refractivity contribution in [3.8, 4) is 11.5 Å². The average molecular weight is 519 g/mol. The Morgan fingerprint density at radius 1 is 1.08 bits per heavy atom. The molecule has 0 spiro atoms. The molecule has 0 radical (unpaired) electrons. The molecule has 6 rings (SSSR count). The second kappa shape index (κ2) is 8.95. The molecule has 1 aromatic carbocycles. The van der Waals surface area contributed by atoms with Gasteiger partial charge in [-0.05, 0) is 18.2 Å². The van der Waals surface area contributed by atoms with Gasteiger partial charge in [0.15, 0.2) is 0 Å². The molecule has 0 bridgehead atoms. The molecular formula is C23H21F4N7O3. The maximum absolute atomic E-state index is 15.3. The number of benzene rings is 1. The van der Waals surface area contributed by atoms with Gasteiger partial charge in [-0.15, -0.1) is 10.2 Å². The number of nitrogens with one attached hydrogen (secondary N) is 1. The van der Waals surface area contributed by atoms with Gasteiger partial charge in [-0.2, -0.15) is 13.2 Å². The Morgan fingerprint density at radius 3 is 2.49 bits per heavy atom. The highest BCUT2D eigenvalue weighted by Gasteiger charge is 2.38. The summed E-state index contributed by atoms with van der Waals surface area (Å²) in [6.45, 7) is 3.59. The Morgan fingerprint density at radius 2 is 1.86 bits per heavy atom. The summed E-state index contributed by atoms with van der Waals surface area (Å²) >= 11 is 0. The maximum Gasteiger partial charge on any atom is 0.470 e. The number of halogens is 4. The fraction of sp³-hybridized carbons (Fsp3) is 0.391. The zero-order valence-electron chi connectivity index (χ0n) is 19.3. The highest BCUT2D eigenvalue weighted by atomic mass is 19.4. The van der Waals surface area contributed by atoms with Crippen LogP contribution in [-0.4, -0.2) is 63.7 Å². The fourth-order valence-electron chi connectivity index (χ4n) is 4.57. The van der Waals surface area contributed by atoms with Crippen molar-refractivity contribution in [2.75, 3.05) is 44.3 Å². The predicted octanol–water partition coefficient (Wildman–Crippen LogP) is 2.44. The van der Waals surface area contributed by atoms with Crippen LogP contribution in [0.2, 0.25) is 0 Å². The summed E-state index contributed by atoms with van der Waals surface area (Å²) in [5.74, 6) is -2.20. The third kappa shape index (κ3) is 4.25.